The number of aromatic nitrogens is 3. The molecule has 2 aliphatic rings. The van der Waals surface area contributed by atoms with Crippen molar-refractivity contribution < 1.29 is 13.6 Å². The number of hydrogen-bond donors (Lipinski definition) is 2. The van der Waals surface area contributed by atoms with Crippen LogP contribution in [0, 0.1) is 0 Å². The second kappa shape index (κ2) is 8.52. The second-order valence-electron chi connectivity index (χ2n) is 7.63. The van der Waals surface area contributed by atoms with Gasteiger partial charge in [-0.2, -0.15) is 13.9 Å². The summed E-state index contributed by atoms with van der Waals surface area (Å²) in [7, 11) is 0. The highest BCUT2D eigenvalue weighted by molar-refractivity contribution is 14.1. The Balaban J connectivity index is 1.60. The first-order chi connectivity index (χ1) is 14.2. The summed E-state index contributed by atoms with van der Waals surface area (Å²) in [5.74, 6) is 0.0304. The van der Waals surface area contributed by atoms with Crippen LogP contribution in [-0.2, 0) is 4.79 Å². The molecule has 10 heteroatoms. The molecule has 2 aliphatic carbocycles. The van der Waals surface area contributed by atoms with Gasteiger partial charge in [0.25, 0.3) is 3.93 Å². The van der Waals surface area contributed by atoms with Gasteiger partial charge in [-0.05, 0) is 88.3 Å². The van der Waals surface area contributed by atoms with E-state index in [2.05, 4.69) is 36.6 Å². The Kier molecular flexibility index (Phi) is 6.16. The number of fused-ring (bicyclic) bond motifs is 1. The van der Waals surface area contributed by atoms with Crippen molar-refractivity contribution in [1.29, 1.82) is 0 Å². The third-order valence-corrected chi connectivity index (χ3v) is 6.12. The number of allylic oxidation sites excluding steroid dienone is 3. The molecule has 0 aromatic carbocycles. The summed E-state index contributed by atoms with van der Waals surface area (Å²) in [6.45, 7) is 2.07. The molecule has 0 bridgehead atoms. The quantitative estimate of drug-likeness (QED) is 0.347. The van der Waals surface area contributed by atoms with Gasteiger partial charge in [-0.25, -0.2) is 9.50 Å². The summed E-state index contributed by atoms with van der Waals surface area (Å²) >= 11 is 4.53. The van der Waals surface area contributed by atoms with Crippen LogP contribution < -0.4 is 10.6 Å². The standard InChI is InChI=1S/C20H21BrF2IN5O/c1-11-8-12(2-5-14(11)19(30)27-13-3-4-13)16-10-26-18-15(9-17(21)28-29(16)18)25-7-6-20(22,23)24/h8-10,13,25H,2-7H2,1H3,(H,27,30). The third kappa shape index (κ3) is 5.01. The van der Waals surface area contributed by atoms with Gasteiger partial charge in [0, 0.05) is 24.6 Å². The Morgan fingerprint density at radius 1 is 1.40 bits per heavy atom. The molecule has 2 aromatic heterocycles. The van der Waals surface area contributed by atoms with Gasteiger partial charge < -0.3 is 10.6 Å². The molecule has 30 heavy (non-hydrogen) atoms. The Bertz CT molecular complexity index is 1060. The van der Waals surface area contributed by atoms with Crippen LogP contribution >= 0.6 is 38.5 Å². The molecular weight excluding hydrogens is 571 g/mol. The van der Waals surface area contributed by atoms with E-state index < -0.39 is 3.93 Å². The molecule has 0 radical (unpaired) electrons. The predicted molar refractivity (Wildman–Crippen MR) is 124 cm³/mol. The number of carbonyl (C=O) groups excluding carboxylic acids is 1. The van der Waals surface area contributed by atoms with Crippen molar-refractivity contribution in [2.75, 3.05) is 11.9 Å². The first kappa shape index (κ1) is 21.7. The van der Waals surface area contributed by atoms with Gasteiger partial charge in [0.15, 0.2) is 5.65 Å². The van der Waals surface area contributed by atoms with E-state index in [-0.39, 0.29) is 18.9 Å². The van der Waals surface area contributed by atoms with Crippen molar-refractivity contribution in [2.45, 2.75) is 49.0 Å². The molecule has 0 spiro atoms. The second-order valence-corrected chi connectivity index (χ2v) is 10.0. The zero-order valence-corrected chi connectivity index (χ0v) is 20.1. The van der Waals surface area contributed by atoms with Gasteiger partial charge in [-0.3, -0.25) is 4.79 Å². The number of nitrogens with zero attached hydrogens (tertiary/aromatic N) is 3. The van der Waals surface area contributed by atoms with Gasteiger partial charge in [-0.15, -0.1) is 0 Å². The molecule has 1 amide bonds. The molecule has 0 aliphatic heterocycles. The van der Waals surface area contributed by atoms with E-state index in [0.717, 1.165) is 57.8 Å². The van der Waals surface area contributed by atoms with Gasteiger partial charge in [-0.1, -0.05) is 6.08 Å². The average molecular weight is 592 g/mol. The number of hydrogen-bond acceptors (Lipinski definition) is 4. The van der Waals surface area contributed by atoms with Gasteiger partial charge >= 0.3 is 0 Å². The molecule has 0 atom stereocenters. The molecule has 160 valence electrons. The Hall–Kier alpha value is -1.56. The number of alkyl halides is 3. The Morgan fingerprint density at radius 2 is 2.17 bits per heavy atom. The fourth-order valence-corrected chi connectivity index (χ4v) is 4.16. The van der Waals surface area contributed by atoms with E-state index in [1.165, 1.54) is 0 Å². The molecule has 4 rings (SSSR count). The smallest absolute Gasteiger partial charge is 0.298 e. The van der Waals surface area contributed by atoms with Crippen LogP contribution in [0.1, 0.15) is 44.7 Å². The summed E-state index contributed by atoms with van der Waals surface area (Å²) < 4.78 is 25.8. The van der Waals surface area contributed by atoms with E-state index >= 15 is 0 Å². The largest absolute Gasteiger partial charge is 0.382 e. The lowest BCUT2D eigenvalue weighted by Crippen LogP contribution is -2.28. The third-order valence-electron chi connectivity index (χ3n) is 5.19. The van der Waals surface area contributed by atoms with E-state index in [9.17, 15) is 13.6 Å². The van der Waals surface area contributed by atoms with Crippen LogP contribution in [0.3, 0.4) is 0 Å². The topological polar surface area (TPSA) is 71.3 Å². The van der Waals surface area contributed by atoms with Crippen molar-refractivity contribution in [3.63, 3.8) is 0 Å². The monoisotopic (exact) mass is 591 g/mol. The minimum absolute atomic E-state index is 0.0304. The molecule has 2 N–H and O–H groups in total. The maximum absolute atomic E-state index is 13.1. The molecule has 0 unspecified atom stereocenters. The van der Waals surface area contributed by atoms with Crippen molar-refractivity contribution in [3.8, 4) is 0 Å². The van der Waals surface area contributed by atoms with Crippen LogP contribution in [0.5, 0.6) is 0 Å². The molecular formula is C20H21BrF2IN5O. The molecule has 2 aromatic rings. The average Bonchev–Trinajstić information content (AvgIpc) is 3.36. The lowest BCUT2D eigenvalue weighted by atomic mass is 9.91. The minimum atomic E-state index is -2.76. The van der Waals surface area contributed by atoms with Gasteiger partial charge in [0.2, 0.25) is 5.91 Å². The van der Waals surface area contributed by atoms with Crippen molar-refractivity contribution in [3.05, 3.63) is 39.8 Å². The van der Waals surface area contributed by atoms with E-state index in [0.29, 0.717) is 34.8 Å². The molecule has 1 fully saturated rings. The molecule has 6 nitrogen and oxygen atoms in total. The van der Waals surface area contributed by atoms with Crippen LogP contribution in [0.15, 0.2) is 34.1 Å². The van der Waals surface area contributed by atoms with E-state index in [4.69, 9.17) is 0 Å². The molecule has 2 heterocycles. The van der Waals surface area contributed by atoms with Crippen molar-refractivity contribution in [2.24, 2.45) is 0 Å². The number of amides is 1. The molecule has 1 saturated carbocycles. The maximum Gasteiger partial charge on any atom is 0.298 e. The first-order valence-corrected chi connectivity index (χ1v) is 11.6. The van der Waals surface area contributed by atoms with Crippen molar-refractivity contribution >= 4 is 61.3 Å². The van der Waals surface area contributed by atoms with E-state index in [1.54, 1.807) is 16.8 Å². The lowest BCUT2D eigenvalue weighted by Gasteiger charge is -2.18. The van der Waals surface area contributed by atoms with Crippen LogP contribution in [0.25, 0.3) is 11.2 Å². The minimum Gasteiger partial charge on any atom is -0.382 e. The van der Waals surface area contributed by atoms with Crippen LogP contribution in [-0.4, -0.2) is 37.0 Å². The molecule has 0 saturated heterocycles. The maximum atomic E-state index is 13.1. The van der Waals surface area contributed by atoms with Crippen LogP contribution in [0.2, 0.25) is 0 Å². The number of anilines is 1. The number of nitrogens with one attached hydrogen (secondary N) is 2. The van der Waals surface area contributed by atoms with E-state index in [1.807, 2.05) is 13.0 Å². The zero-order chi connectivity index (χ0) is 21.5. The summed E-state index contributed by atoms with van der Waals surface area (Å²) in [5, 5.41) is 10.6. The summed E-state index contributed by atoms with van der Waals surface area (Å²) in [4.78, 5) is 16.9. The van der Waals surface area contributed by atoms with Gasteiger partial charge in [0.1, 0.15) is 4.60 Å². The highest BCUT2D eigenvalue weighted by Gasteiger charge is 2.27. The number of imidazole rings is 1. The Labute approximate surface area is 194 Å². The van der Waals surface area contributed by atoms with Gasteiger partial charge in [0.05, 0.1) is 17.6 Å². The zero-order valence-electron chi connectivity index (χ0n) is 16.3. The number of halogens is 4. The normalized spacial score (nSPS) is 17.3. The summed E-state index contributed by atoms with van der Waals surface area (Å²) in [6.07, 6.45) is 6.96. The number of carbonyl (C=O) groups is 1. The predicted octanol–water partition coefficient (Wildman–Crippen LogP) is 5.09. The highest BCUT2D eigenvalue weighted by Crippen LogP contribution is 2.33. The Morgan fingerprint density at radius 3 is 2.83 bits per heavy atom. The fourth-order valence-electron chi connectivity index (χ4n) is 3.50. The fraction of sp³-hybridized carbons (Fsp3) is 0.450. The highest BCUT2D eigenvalue weighted by atomic mass is 127. The lowest BCUT2D eigenvalue weighted by molar-refractivity contribution is -0.117. The van der Waals surface area contributed by atoms with Crippen LogP contribution in [0.4, 0.5) is 14.5 Å². The number of rotatable bonds is 7. The van der Waals surface area contributed by atoms with Crippen molar-refractivity contribution in [1.82, 2.24) is 19.9 Å². The summed E-state index contributed by atoms with van der Waals surface area (Å²) in [6, 6.07) is 2.07. The first-order valence-electron chi connectivity index (χ1n) is 9.78. The summed E-state index contributed by atoms with van der Waals surface area (Å²) in [5.41, 5.74) is 4.85. The SMILES string of the molecule is CC1=C(C(=O)NC2CC2)CCC(c2cnc3c(NCCC(F)(F)I)cc(Br)nn23)=C1.